The molecule has 0 bridgehead atoms. The van der Waals surface area contributed by atoms with Gasteiger partial charge in [0.2, 0.25) is 5.88 Å². The first-order valence-corrected chi connectivity index (χ1v) is 7.33. The fourth-order valence-electron chi connectivity index (χ4n) is 2.44. The maximum Gasteiger partial charge on any atom is 0.408 e. The maximum absolute atomic E-state index is 12.1. The Kier molecular flexibility index (Phi) is 4.34. The number of nitrogens with zero attached hydrogens (tertiary/aromatic N) is 1. The summed E-state index contributed by atoms with van der Waals surface area (Å²) in [6, 6.07) is 17.7. The van der Waals surface area contributed by atoms with Gasteiger partial charge in [-0.3, -0.25) is 0 Å². The molecule has 0 saturated carbocycles. The molecule has 0 saturated heterocycles. The molecule has 0 aliphatic carbocycles. The average Bonchev–Trinajstić information content (AvgIpc) is 2.61. The van der Waals surface area contributed by atoms with Crippen LogP contribution in [-0.2, 0) is 11.3 Å². The van der Waals surface area contributed by atoms with Crippen molar-refractivity contribution in [1.82, 2.24) is 5.32 Å². The van der Waals surface area contributed by atoms with Crippen LogP contribution in [0.25, 0.3) is 0 Å². The second-order valence-corrected chi connectivity index (χ2v) is 5.17. The summed E-state index contributed by atoms with van der Waals surface area (Å²) >= 11 is 0. The standard InChI is InChI=1S/C18H15N3O3/c19-10-14-16(13-8-4-5-9-15(13)24-17(14)20)21-18(22)23-11-12-6-2-1-3-7-12/h1-9,16H,11,20H2,(H,21,22)/t16-/m1/s1. The minimum Gasteiger partial charge on any atom is -0.445 e. The Bertz CT molecular complexity index is 825. The summed E-state index contributed by atoms with van der Waals surface area (Å²) < 4.78 is 10.6. The molecule has 1 amide bonds. The van der Waals surface area contributed by atoms with Gasteiger partial charge in [0.1, 0.15) is 30.0 Å². The monoisotopic (exact) mass is 321 g/mol. The van der Waals surface area contributed by atoms with Gasteiger partial charge in [-0.15, -0.1) is 0 Å². The van der Waals surface area contributed by atoms with Crippen molar-refractivity contribution in [2.24, 2.45) is 5.73 Å². The van der Waals surface area contributed by atoms with Crippen LogP contribution in [0.5, 0.6) is 5.75 Å². The number of hydrogen-bond donors (Lipinski definition) is 2. The molecule has 0 aromatic heterocycles. The number of rotatable bonds is 3. The Morgan fingerprint density at radius 1 is 1.21 bits per heavy atom. The molecule has 120 valence electrons. The Balaban J connectivity index is 1.75. The summed E-state index contributed by atoms with van der Waals surface area (Å²) in [5.74, 6) is 0.479. The van der Waals surface area contributed by atoms with Gasteiger partial charge in [0.05, 0.1) is 0 Å². The molecule has 2 aromatic rings. The minimum absolute atomic E-state index is 0.0236. The van der Waals surface area contributed by atoms with Crippen molar-refractivity contribution in [3.05, 3.63) is 77.2 Å². The lowest BCUT2D eigenvalue weighted by atomic mass is 9.97. The first kappa shape index (κ1) is 15.4. The van der Waals surface area contributed by atoms with Crippen LogP contribution in [0.3, 0.4) is 0 Å². The Morgan fingerprint density at radius 3 is 2.67 bits per heavy atom. The number of amides is 1. The second-order valence-electron chi connectivity index (χ2n) is 5.17. The number of carbonyl (C=O) groups excluding carboxylic acids is 1. The first-order chi connectivity index (χ1) is 11.7. The summed E-state index contributed by atoms with van der Waals surface area (Å²) in [7, 11) is 0. The van der Waals surface area contributed by atoms with E-state index in [-0.39, 0.29) is 18.1 Å². The number of para-hydroxylation sites is 1. The van der Waals surface area contributed by atoms with Gasteiger partial charge in [0.15, 0.2) is 0 Å². The molecule has 1 heterocycles. The molecule has 1 aliphatic heterocycles. The molecule has 6 heteroatoms. The highest BCUT2D eigenvalue weighted by Crippen LogP contribution is 2.35. The Labute approximate surface area is 139 Å². The fourth-order valence-corrected chi connectivity index (χ4v) is 2.44. The highest BCUT2D eigenvalue weighted by atomic mass is 16.5. The van der Waals surface area contributed by atoms with E-state index in [9.17, 15) is 10.1 Å². The molecule has 1 atom stereocenters. The normalized spacial score (nSPS) is 15.7. The molecule has 3 N–H and O–H groups in total. The summed E-state index contributed by atoms with van der Waals surface area (Å²) in [5, 5.41) is 12.0. The topological polar surface area (TPSA) is 97.4 Å². The van der Waals surface area contributed by atoms with Crippen LogP contribution in [0.1, 0.15) is 17.2 Å². The molecule has 6 nitrogen and oxygen atoms in total. The molecule has 0 spiro atoms. The third kappa shape index (κ3) is 3.15. The molecule has 2 aromatic carbocycles. The quantitative estimate of drug-likeness (QED) is 0.906. The number of alkyl carbamates (subject to hydrolysis) is 1. The smallest absolute Gasteiger partial charge is 0.408 e. The van der Waals surface area contributed by atoms with Crippen LogP contribution in [0.15, 0.2) is 66.1 Å². The van der Waals surface area contributed by atoms with Gasteiger partial charge < -0.3 is 20.5 Å². The van der Waals surface area contributed by atoms with Crippen molar-refractivity contribution in [3.63, 3.8) is 0 Å². The Hall–Kier alpha value is -3.46. The van der Waals surface area contributed by atoms with E-state index in [1.165, 1.54) is 0 Å². The van der Waals surface area contributed by atoms with Crippen molar-refractivity contribution in [2.45, 2.75) is 12.6 Å². The van der Waals surface area contributed by atoms with E-state index in [0.717, 1.165) is 5.56 Å². The summed E-state index contributed by atoms with van der Waals surface area (Å²) in [4.78, 5) is 12.1. The van der Waals surface area contributed by atoms with E-state index >= 15 is 0 Å². The van der Waals surface area contributed by atoms with E-state index in [1.807, 2.05) is 36.4 Å². The molecule has 1 aliphatic rings. The number of benzene rings is 2. The van der Waals surface area contributed by atoms with Crippen LogP contribution >= 0.6 is 0 Å². The molecule has 3 rings (SSSR count). The summed E-state index contributed by atoms with van der Waals surface area (Å²) in [5.41, 5.74) is 7.45. The van der Waals surface area contributed by atoms with Crippen molar-refractivity contribution in [1.29, 1.82) is 5.26 Å². The predicted molar refractivity (Wildman–Crippen MR) is 86.4 cm³/mol. The zero-order valence-electron chi connectivity index (χ0n) is 12.7. The van der Waals surface area contributed by atoms with E-state index in [1.54, 1.807) is 24.3 Å². The van der Waals surface area contributed by atoms with Crippen molar-refractivity contribution in [3.8, 4) is 11.8 Å². The van der Waals surface area contributed by atoms with Crippen molar-refractivity contribution < 1.29 is 14.3 Å². The molecule has 0 radical (unpaired) electrons. The van der Waals surface area contributed by atoms with E-state index < -0.39 is 12.1 Å². The first-order valence-electron chi connectivity index (χ1n) is 7.33. The lowest BCUT2D eigenvalue weighted by Crippen LogP contribution is -2.34. The third-order valence-electron chi connectivity index (χ3n) is 3.60. The van der Waals surface area contributed by atoms with E-state index in [4.69, 9.17) is 15.2 Å². The number of nitrogens with two attached hydrogens (primary N) is 1. The van der Waals surface area contributed by atoms with Crippen LogP contribution in [0.2, 0.25) is 0 Å². The summed E-state index contributed by atoms with van der Waals surface area (Å²) in [6.07, 6.45) is -0.638. The second kappa shape index (κ2) is 6.75. The van der Waals surface area contributed by atoms with Crippen LogP contribution in [0.4, 0.5) is 4.79 Å². The van der Waals surface area contributed by atoms with Crippen LogP contribution < -0.4 is 15.8 Å². The van der Waals surface area contributed by atoms with Gasteiger partial charge in [-0.2, -0.15) is 5.26 Å². The van der Waals surface area contributed by atoms with Gasteiger partial charge in [-0.05, 0) is 11.6 Å². The van der Waals surface area contributed by atoms with Gasteiger partial charge in [0.25, 0.3) is 0 Å². The fraction of sp³-hybridized carbons (Fsp3) is 0.111. The van der Waals surface area contributed by atoms with Gasteiger partial charge in [0, 0.05) is 5.56 Å². The average molecular weight is 321 g/mol. The minimum atomic E-state index is -0.705. The maximum atomic E-state index is 12.1. The SMILES string of the molecule is N#CC1=C(N)Oc2ccccc2[C@H]1NC(=O)OCc1ccccc1. The zero-order valence-corrected chi connectivity index (χ0v) is 12.7. The molecule has 0 unspecified atom stereocenters. The van der Waals surface area contributed by atoms with Gasteiger partial charge in [-0.1, -0.05) is 48.5 Å². The number of hydrogen-bond acceptors (Lipinski definition) is 5. The van der Waals surface area contributed by atoms with E-state index in [0.29, 0.717) is 11.3 Å². The largest absolute Gasteiger partial charge is 0.445 e. The number of carbonyl (C=O) groups is 1. The third-order valence-corrected chi connectivity index (χ3v) is 3.60. The number of ether oxygens (including phenoxy) is 2. The molecular weight excluding hydrogens is 306 g/mol. The summed E-state index contributed by atoms with van der Waals surface area (Å²) in [6.45, 7) is 0.138. The van der Waals surface area contributed by atoms with Crippen molar-refractivity contribution in [2.75, 3.05) is 0 Å². The number of nitrogens with one attached hydrogen (secondary N) is 1. The van der Waals surface area contributed by atoms with Gasteiger partial charge >= 0.3 is 6.09 Å². The number of fused-ring (bicyclic) bond motifs is 1. The predicted octanol–water partition coefficient (Wildman–Crippen LogP) is 2.74. The van der Waals surface area contributed by atoms with Gasteiger partial charge in [-0.25, -0.2) is 4.79 Å². The molecular formula is C18H15N3O3. The van der Waals surface area contributed by atoms with Crippen LogP contribution in [0, 0.1) is 11.3 Å². The van der Waals surface area contributed by atoms with Crippen LogP contribution in [-0.4, -0.2) is 6.09 Å². The molecule has 24 heavy (non-hydrogen) atoms. The number of nitriles is 1. The highest BCUT2D eigenvalue weighted by Gasteiger charge is 2.30. The zero-order chi connectivity index (χ0) is 16.9. The lowest BCUT2D eigenvalue weighted by molar-refractivity contribution is 0.136. The highest BCUT2D eigenvalue weighted by molar-refractivity contribution is 5.70. The van der Waals surface area contributed by atoms with Crippen molar-refractivity contribution >= 4 is 6.09 Å². The lowest BCUT2D eigenvalue weighted by Gasteiger charge is -2.26. The Morgan fingerprint density at radius 2 is 1.92 bits per heavy atom. The molecule has 0 fully saturated rings. The van der Waals surface area contributed by atoms with E-state index in [2.05, 4.69) is 5.32 Å².